The molecule has 6 nitrogen and oxygen atoms in total. The first-order valence-electron chi connectivity index (χ1n) is 8.63. The van der Waals surface area contributed by atoms with Gasteiger partial charge in [0.1, 0.15) is 0 Å². The molecule has 1 aliphatic heterocycles. The molecule has 2 N–H and O–H groups in total. The van der Waals surface area contributed by atoms with E-state index in [1.54, 1.807) is 6.20 Å². The molecule has 0 spiro atoms. The second kappa shape index (κ2) is 7.09. The second-order valence-corrected chi connectivity index (χ2v) is 6.99. The summed E-state index contributed by atoms with van der Waals surface area (Å²) >= 11 is 0. The van der Waals surface area contributed by atoms with Crippen molar-refractivity contribution in [1.29, 1.82) is 0 Å². The molecule has 1 unspecified atom stereocenters. The van der Waals surface area contributed by atoms with Crippen molar-refractivity contribution in [2.75, 3.05) is 18.0 Å². The van der Waals surface area contributed by atoms with Crippen molar-refractivity contribution >= 4 is 11.7 Å². The number of hydrogen-bond acceptors (Lipinski definition) is 4. The topological polar surface area (TPSA) is 78.1 Å². The number of nitrogens with one attached hydrogen (secondary N) is 2. The standard InChI is InChI=1S/C19H24N4O2/c1-19(2,14-7-4-3-5-8-14)18(25)22-15-9-6-12-23(13-15)16-17(24)21-11-10-20-16/h3-5,7-8,10-11,15H,6,9,12-13H2,1-2H3,(H,21,24)(H,22,25). The Morgan fingerprint density at radius 2 is 2.08 bits per heavy atom. The maximum absolute atomic E-state index is 12.8. The third-order valence-corrected chi connectivity index (χ3v) is 4.81. The number of carbonyl (C=O) groups excluding carboxylic acids is 1. The van der Waals surface area contributed by atoms with Crippen molar-refractivity contribution in [2.45, 2.75) is 38.1 Å². The highest BCUT2D eigenvalue weighted by Gasteiger charge is 2.32. The van der Waals surface area contributed by atoms with Crippen LogP contribution in [0.15, 0.2) is 47.5 Å². The van der Waals surface area contributed by atoms with Gasteiger partial charge in [-0.25, -0.2) is 4.98 Å². The number of benzene rings is 1. The van der Waals surface area contributed by atoms with Crippen LogP contribution in [0.2, 0.25) is 0 Å². The van der Waals surface area contributed by atoms with E-state index < -0.39 is 5.41 Å². The number of aromatic amines is 1. The highest BCUT2D eigenvalue weighted by molar-refractivity contribution is 5.87. The molecule has 1 saturated heterocycles. The SMILES string of the molecule is CC(C)(C(=O)NC1CCCN(c2ncc[nH]c2=O)C1)c1ccccc1. The van der Waals surface area contributed by atoms with Gasteiger partial charge in [-0.3, -0.25) is 9.59 Å². The van der Waals surface area contributed by atoms with Crippen LogP contribution in [0.5, 0.6) is 0 Å². The highest BCUT2D eigenvalue weighted by Crippen LogP contribution is 2.24. The summed E-state index contributed by atoms with van der Waals surface area (Å²) in [5, 5.41) is 3.16. The zero-order valence-electron chi connectivity index (χ0n) is 14.7. The Bertz CT molecular complexity index is 785. The first-order chi connectivity index (χ1) is 12.0. The first-order valence-corrected chi connectivity index (χ1v) is 8.63. The van der Waals surface area contributed by atoms with Gasteiger partial charge in [-0.05, 0) is 32.3 Å². The fourth-order valence-corrected chi connectivity index (χ4v) is 3.21. The lowest BCUT2D eigenvalue weighted by Crippen LogP contribution is -2.52. The molecule has 0 bridgehead atoms. The molecule has 1 fully saturated rings. The predicted molar refractivity (Wildman–Crippen MR) is 97.7 cm³/mol. The molecular weight excluding hydrogens is 316 g/mol. The van der Waals surface area contributed by atoms with E-state index in [1.807, 2.05) is 49.1 Å². The number of nitrogens with zero attached hydrogens (tertiary/aromatic N) is 2. The number of aromatic nitrogens is 2. The smallest absolute Gasteiger partial charge is 0.290 e. The molecule has 132 valence electrons. The Balaban J connectivity index is 1.69. The molecule has 1 amide bonds. The number of H-pyrrole nitrogens is 1. The zero-order chi connectivity index (χ0) is 17.9. The quantitative estimate of drug-likeness (QED) is 0.890. The number of hydrogen-bond donors (Lipinski definition) is 2. The van der Waals surface area contributed by atoms with Crippen LogP contribution < -0.4 is 15.8 Å². The van der Waals surface area contributed by atoms with Crippen molar-refractivity contribution < 1.29 is 4.79 Å². The van der Waals surface area contributed by atoms with E-state index in [1.165, 1.54) is 6.20 Å². The Morgan fingerprint density at radius 3 is 2.80 bits per heavy atom. The number of anilines is 1. The third-order valence-electron chi connectivity index (χ3n) is 4.81. The molecule has 2 aromatic rings. The van der Waals surface area contributed by atoms with Crippen molar-refractivity contribution in [1.82, 2.24) is 15.3 Å². The number of carbonyl (C=O) groups is 1. The second-order valence-electron chi connectivity index (χ2n) is 6.99. The van der Waals surface area contributed by atoms with E-state index in [0.717, 1.165) is 24.9 Å². The van der Waals surface area contributed by atoms with Gasteiger partial charge in [0.25, 0.3) is 5.56 Å². The lowest BCUT2D eigenvalue weighted by molar-refractivity contribution is -0.126. The zero-order valence-corrected chi connectivity index (χ0v) is 14.7. The molecule has 1 atom stereocenters. The van der Waals surface area contributed by atoms with Gasteiger partial charge in [-0.1, -0.05) is 30.3 Å². The molecule has 1 aliphatic rings. The maximum Gasteiger partial charge on any atom is 0.290 e. The van der Waals surface area contributed by atoms with Gasteiger partial charge < -0.3 is 15.2 Å². The molecule has 2 heterocycles. The normalized spacial score (nSPS) is 18.0. The molecule has 3 rings (SSSR count). The summed E-state index contributed by atoms with van der Waals surface area (Å²) in [6.07, 6.45) is 4.92. The Kier molecular flexibility index (Phi) is 4.88. The minimum absolute atomic E-state index is 0.000445. The summed E-state index contributed by atoms with van der Waals surface area (Å²) in [5.74, 6) is 0.421. The van der Waals surface area contributed by atoms with Gasteiger partial charge in [0, 0.05) is 31.5 Å². The van der Waals surface area contributed by atoms with Crippen LogP contribution in [0.1, 0.15) is 32.3 Å². The van der Waals surface area contributed by atoms with Crippen LogP contribution in [0.4, 0.5) is 5.82 Å². The van der Waals surface area contributed by atoms with Crippen molar-refractivity contribution in [3.63, 3.8) is 0 Å². The van der Waals surface area contributed by atoms with Crippen LogP contribution in [-0.4, -0.2) is 35.0 Å². The Labute approximate surface area is 147 Å². The van der Waals surface area contributed by atoms with Crippen molar-refractivity contribution in [2.24, 2.45) is 0 Å². The van der Waals surface area contributed by atoms with E-state index in [9.17, 15) is 9.59 Å². The number of rotatable bonds is 4. The van der Waals surface area contributed by atoms with Gasteiger partial charge >= 0.3 is 0 Å². The molecule has 25 heavy (non-hydrogen) atoms. The van der Waals surface area contributed by atoms with Gasteiger partial charge in [-0.2, -0.15) is 0 Å². The monoisotopic (exact) mass is 340 g/mol. The van der Waals surface area contributed by atoms with E-state index in [2.05, 4.69) is 15.3 Å². The average Bonchev–Trinajstić information content (AvgIpc) is 2.63. The van der Waals surface area contributed by atoms with E-state index in [-0.39, 0.29) is 17.5 Å². The molecule has 0 saturated carbocycles. The van der Waals surface area contributed by atoms with E-state index in [0.29, 0.717) is 12.4 Å². The van der Waals surface area contributed by atoms with Gasteiger partial charge in [-0.15, -0.1) is 0 Å². The fraction of sp³-hybridized carbons (Fsp3) is 0.421. The lowest BCUT2D eigenvalue weighted by Gasteiger charge is -2.35. The van der Waals surface area contributed by atoms with Crippen LogP contribution in [0, 0.1) is 0 Å². The van der Waals surface area contributed by atoms with Gasteiger partial charge in [0.2, 0.25) is 5.91 Å². The summed E-state index contributed by atoms with van der Waals surface area (Å²) in [6.45, 7) is 5.23. The van der Waals surface area contributed by atoms with Crippen molar-refractivity contribution in [3.05, 3.63) is 58.6 Å². The number of piperidine rings is 1. The predicted octanol–water partition coefficient (Wildman–Crippen LogP) is 1.83. The van der Waals surface area contributed by atoms with E-state index >= 15 is 0 Å². The molecule has 1 aromatic carbocycles. The molecule has 0 radical (unpaired) electrons. The summed E-state index contributed by atoms with van der Waals surface area (Å²) in [4.78, 5) is 33.6. The summed E-state index contributed by atoms with van der Waals surface area (Å²) in [6, 6.07) is 9.78. The average molecular weight is 340 g/mol. The van der Waals surface area contributed by atoms with Crippen LogP contribution in [-0.2, 0) is 10.2 Å². The summed E-state index contributed by atoms with van der Waals surface area (Å²) in [5.41, 5.74) is 0.187. The third kappa shape index (κ3) is 3.73. The van der Waals surface area contributed by atoms with Crippen LogP contribution in [0.25, 0.3) is 0 Å². The van der Waals surface area contributed by atoms with Crippen molar-refractivity contribution in [3.8, 4) is 0 Å². The van der Waals surface area contributed by atoms with Crippen LogP contribution >= 0.6 is 0 Å². The number of amides is 1. The minimum atomic E-state index is -0.605. The largest absolute Gasteiger partial charge is 0.351 e. The van der Waals surface area contributed by atoms with Gasteiger partial charge in [0.05, 0.1) is 5.41 Å². The highest BCUT2D eigenvalue weighted by atomic mass is 16.2. The first kappa shape index (κ1) is 17.2. The molecule has 0 aliphatic carbocycles. The lowest BCUT2D eigenvalue weighted by atomic mass is 9.83. The molecule has 6 heteroatoms. The van der Waals surface area contributed by atoms with Gasteiger partial charge in [0.15, 0.2) is 5.82 Å². The maximum atomic E-state index is 12.8. The molecular formula is C19H24N4O2. The fourth-order valence-electron chi connectivity index (χ4n) is 3.21. The summed E-state index contributed by atoms with van der Waals surface area (Å²) in [7, 11) is 0. The summed E-state index contributed by atoms with van der Waals surface area (Å²) < 4.78 is 0. The molecule has 1 aromatic heterocycles. The Morgan fingerprint density at radius 1 is 1.32 bits per heavy atom. The van der Waals surface area contributed by atoms with E-state index in [4.69, 9.17) is 0 Å². The van der Waals surface area contributed by atoms with Crippen LogP contribution in [0.3, 0.4) is 0 Å². The minimum Gasteiger partial charge on any atom is -0.351 e. The Hall–Kier alpha value is -2.63.